The molecule has 7 aromatic carbocycles. The van der Waals surface area contributed by atoms with Crippen molar-refractivity contribution in [2.24, 2.45) is 0 Å². The number of nitrogens with zero attached hydrogens (tertiary/aromatic N) is 3. The summed E-state index contributed by atoms with van der Waals surface area (Å²) in [7, 11) is 0. The Labute approximate surface area is 283 Å². The number of ether oxygens (including phenoxy) is 1. The average molecular weight is 628 g/mol. The lowest BCUT2D eigenvalue weighted by Gasteiger charge is -2.23. The average Bonchev–Trinajstić information content (AvgIpc) is 3.56. The second kappa shape index (κ2) is 11.1. The van der Waals surface area contributed by atoms with Crippen LogP contribution in [-0.4, -0.2) is 21.1 Å². The van der Waals surface area contributed by atoms with Crippen LogP contribution in [0.3, 0.4) is 0 Å². The summed E-state index contributed by atoms with van der Waals surface area (Å²) in [6.07, 6.45) is 6.52. The number of benzene rings is 7. The van der Waals surface area contributed by atoms with Crippen molar-refractivity contribution in [1.82, 2.24) is 15.0 Å². The molecule has 2 heterocycles. The molecule has 0 N–H and O–H groups in total. The fourth-order valence-corrected chi connectivity index (χ4v) is 7.53. The molecule has 0 spiro atoms. The highest BCUT2D eigenvalue weighted by atomic mass is 16.5. The number of aromatic nitrogens is 3. The summed E-state index contributed by atoms with van der Waals surface area (Å²) in [5.74, 6) is 3.09. The molecule has 230 valence electrons. The van der Waals surface area contributed by atoms with E-state index in [1.165, 1.54) is 27.5 Å². The Hall–Kier alpha value is -6.39. The van der Waals surface area contributed by atoms with Gasteiger partial charge in [-0.1, -0.05) is 133 Å². The number of rotatable bonds is 4. The molecule has 0 radical (unpaired) electrons. The minimum atomic E-state index is 0.00525. The first-order chi connectivity index (χ1) is 24.3. The van der Waals surface area contributed by atoms with Crippen LogP contribution in [0.1, 0.15) is 17.0 Å². The minimum Gasteiger partial charge on any atom is -0.485 e. The highest BCUT2D eigenvalue weighted by Gasteiger charge is 2.36. The molecule has 1 aromatic heterocycles. The smallest absolute Gasteiger partial charge is 0.164 e. The van der Waals surface area contributed by atoms with E-state index >= 15 is 0 Å². The van der Waals surface area contributed by atoms with Gasteiger partial charge in [0.25, 0.3) is 0 Å². The van der Waals surface area contributed by atoms with E-state index in [0.717, 1.165) is 44.0 Å². The minimum absolute atomic E-state index is 0.00525. The van der Waals surface area contributed by atoms with Crippen LogP contribution >= 0.6 is 0 Å². The van der Waals surface area contributed by atoms with Gasteiger partial charge in [0.1, 0.15) is 11.9 Å². The van der Waals surface area contributed by atoms with Gasteiger partial charge in [-0.2, -0.15) is 0 Å². The van der Waals surface area contributed by atoms with Crippen molar-refractivity contribution in [2.75, 3.05) is 0 Å². The third-order valence-electron chi connectivity index (χ3n) is 9.87. The maximum atomic E-state index is 6.32. The quantitative estimate of drug-likeness (QED) is 0.182. The second-order valence-electron chi connectivity index (χ2n) is 12.7. The van der Waals surface area contributed by atoms with E-state index in [1.807, 2.05) is 24.3 Å². The Kier molecular flexibility index (Phi) is 6.28. The molecule has 0 saturated carbocycles. The third-order valence-corrected chi connectivity index (χ3v) is 9.87. The topological polar surface area (TPSA) is 47.9 Å². The zero-order chi connectivity index (χ0) is 32.3. The molecule has 0 saturated heterocycles. The lowest BCUT2D eigenvalue weighted by molar-refractivity contribution is 0.271. The summed E-state index contributed by atoms with van der Waals surface area (Å²) in [4.78, 5) is 15.4. The maximum Gasteiger partial charge on any atom is 0.164 e. The van der Waals surface area contributed by atoms with Gasteiger partial charge < -0.3 is 4.74 Å². The summed E-state index contributed by atoms with van der Waals surface area (Å²) < 4.78 is 6.32. The van der Waals surface area contributed by atoms with Gasteiger partial charge in [-0.15, -0.1) is 0 Å². The lowest BCUT2D eigenvalue weighted by atomic mass is 9.81. The molecular weight excluding hydrogens is 599 g/mol. The van der Waals surface area contributed by atoms with E-state index in [9.17, 15) is 0 Å². The molecule has 49 heavy (non-hydrogen) atoms. The molecule has 10 rings (SSSR count). The fourth-order valence-electron chi connectivity index (χ4n) is 7.53. The van der Waals surface area contributed by atoms with Crippen LogP contribution in [0.25, 0.3) is 72.1 Å². The predicted octanol–water partition coefficient (Wildman–Crippen LogP) is 10.8. The molecule has 8 aromatic rings. The standard InChI is InChI=1S/C45H29N3O/c1-2-11-29(12-3-1)43-46-44(48-45(47-43)39-27-30-13-4-5-14-34(30)36-15-6-7-16-37(36)39)32-24-22-28-21-23-31(25-33(28)26-32)35-18-10-20-41-42(35)38-17-8-9-19-40(38)49-41/h1-27,41-42H. The zero-order valence-corrected chi connectivity index (χ0v) is 26.5. The summed E-state index contributed by atoms with van der Waals surface area (Å²) in [5, 5.41) is 6.97. The summed E-state index contributed by atoms with van der Waals surface area (Å²) >= 11 is 0. The number of fused-ring (bicyclic) bond motifs is 7. The normalized spacial score (nSPS) is 16.4. The van der Waals surface area contributed by atoms with Gasteiger partial charge in [0, 0.05) is 22.3 Å². The van der Waals surface area contributed by atoms with Crippen LogP contribution in [0.2, 0.25) is 0 Å². The molecule has 4 heteroatoms. The van der Waals surface area contributed by atoms with Crippen molar-refractivity contribution in [3.8, 4) is 39.9 Å². The first kappa shape index (κ1) is 27.7. The monoisotopic (exact) mass is 627 g/mol. The number of hydrogen-bond donors (Lipinski definition) is 0. The van der Waals surface area contributed by atoms with Gasteiger partial charge in [-0.25, -0.2) is 15.0 Å². The molecular formula is C45H29N3O. The first-order valence-electron chi connectivity index (χ1n) is 16.7. The van der Waals surface area contributed by atoms with E-state index in [1.54, 1.807) is 0 Å². The lowest BCUT2D eigenvalue weighted by Crippen LogP contribution is -2.19. The van der Waals surface area contributed by atoms with E-state index in [2.05, 4.69) is 140 Å². The molecule has 1 aliphatic carbocycles. The summed E-state index contributed by atoms with van der Waals surface area (Å²) in [5.41, 5.74) is 6.58. The SMILES string of the molecule is C1=CC2Oc3ccccc3C2C(c2ccc3ccc(-c4nc(-c5ccccc5)nc(-c5cc6ccccc6c6ccccc56)n4)cc3c2)=C1. The van der Waals surface area contributed by atoms with Crippen LogP contribution in [0.15, 0.2) is 164 Å². The van der Waals surface area contributed by atoms with E-state index in [4.69, 9.17) is 19.7 Å². The largest absolute Gasteiger partial charge is 0.485 e. The third kappa shape index (κ3) is 4.64. The Morgan fingerprint density at radius 2 is 1.14 bits per heavy atom. The van der Waals surface area contributed by atoms with Crippen LogP contribution in [0, 0.1) is 0 Å². The van der Waals surface area contributed by atoms with Crippen molar-refractivity contribution >= 4 is 37.9 Å². The number of allylic oxidation sites excluding steroid dienone is 2. The van der Waals surface area contributed by atoms with E-state index in [-0.39, 0.29) is 12.0 Å². The fraction of sp³-hybridized carbons (Fsp3) is 0.0444. The van der Waals surface area contributed by atoms with Gasteiger partial charge in [0.05, 0.1) is 5.92 Å². The molecule has 0 bridgehead atoms. The van der Waals surface area contributed by atoms with Gasteiger partial charge in [-0.3, -0.25) is 0 Å². The van der Waals surface area contributed by atoms with E-state index < -0.39 is 0 Å². The zero-order valence-electron chi connectivity index (χ0n) is 26.5. The van der Waals surface area contributed by atoms with Crippen molar-refractivity contribution in [2.45, 2.75) is 12.0 Å². The number of hydrogen-bond acceptors (Lipinski definition) is 4. The predicted molar refractivity (Wildman–Crippen MR) is 199 cm³/mol. The van der Waals surface area contributed by atoms with Gasteiger partial charge in [-0.05, 0) is 73.8 Å². The molecule has 2 atom stereocenters. The second-order valence-corrected chi connectivity index (χ2v) is 12.7. The van der Waals surface area contributed by atoms with Crippen molar-refractivity contribution in [1.29, 1.82) is 0 Å². The van der Waals surface area contributed by atoms with Crippen LogP contribution in [0.4, 0.5) is 0 Å². The molecule has 2 unspecified atom stereocenters. The summed E-state index contributed by atoms with van der Waals surface area (Å²) in [6.45, 7) is 0. The molecule has 2 aliphatic rings. The Morgan fingerprint density at radius 1 is 0.469 bits per heavy atom. The van der Waals surface area contributed by atoms with Crippen molar-refractivity contribution in [3.05, 3.63) is 175 Å². The van der Waals surface area contributed by atoms with Crippen molar-refractivity contribution in [3.63, 3.8) is 0 Å². The van der Waals surface area contributed by atoms with Gasteiger partial charge in [0.2, 0.25) is 0 Å². The highest BCUT2D eigenvalue weighted by Crippen LogP contribution is 2.48. The van der Waals surface area contributed by atoms with E-state index in [0.29, 0.717) is 17.5 Å². The Morgan fingerprint density at radius 3 is 2.02 bits per heavy atom. The van der Waals surface area contributed by atoms with Crippen LogP contribution < -0.4 is 4.74 Å². The van der Waals surface area contributed by atoms with Crippen LogP contribution in [0.5, 0.6) is 5.75 Å². The van der Waals surface area contributed by atoms with Gasteiger partial charge in [0.15, 0.2) is 17.5 Å². The molecule has 0 amide bonds. The maximum absolute atomic E-state index is 6.32. The Balaban J connectivity index is 1.13. The Bertz CT molecular complexity index is 2660. The number of para-hydroxylation sites is 1. The molecule has 4 nitrogen and oxygen atoms in total. The van der Waals surface area contributed by atoms with Crippen molar-refractivity contribution < 1.29 is 4.74 Å². The van der Waals surface area contributed by atoms with Crippen LogP contribution in [-0.2, 0) is 0 Å². The van der Waals surface area contributed by atoms with Gasteiger partial charge >= 0.3 is 0 Å². The summed E-state index contributed by atoms with van der Waals surface area (Å²) in [6, 6.07) is 51.0. The molecule has 0 fully saturated rings. The first-order valence-corrected chi connectivity index (χ1v) is 16.7. The highest BCUT2D eigenvalue weighted by molar-refractivity contribution is 6.13. The molecule has 1 aliphatic heterocycles.